The van der Waals surface area contributed by atoms with E-state index < -0.39 is 28.0 Å². The number of aliphatic hydroxyl groups excluding tert-OH is 1. The monoisotopic (exact) mass is 482 g/mol. The maximum absolute atomic E-state index is 14.3. The zero-order chi connectivity index (χ0) is 22.3. The lowest BCUT2D eigenvalue weighted by molar-refractivity contribution is 0.104. The number of hydrogen-bond acceptors (Lipinski definition) is 8. The van der Waals surface area contributed by atoms with Gasteiger partial charge >= 0.3 is 5.25 Å². The summed E-state index contributed by atoms with van der Waals surface area (Å²) in [6.45, 7) is 1.20. The lowest BCUT2D eigenvalue weighted by atomic mass is 9.77. The van der Waals surface area contributed by atoms with Gasteiger partial charge in [-0.2, -0.15) is 13.8 Å². The van der Waals surface area contributed by atoms with Gasteiger partial charge in [0, 0.05) is 31.4 Å². The minimum absolute atomic E-state index is 0.0322. The van der Waals surface area contributed by atoms with E-state index in [0.29, 0.717) is 48.7 Å². The second kappa shape index (κ2) is 7.01. The number of aliphatic hydroxyl groups is 1. The van der Waals surface area contributed by atoms with Gasteiger partial charge in [0.15, 0.2) is 0 Å². The molecule has 0 amide bonds. The maximum atomic E-state index is 14.3. The summed E-state index contributed by atoms with van der Waals surface area (Å²) in [7, 11) is -2.52. The Hall–Kier alpha value is -1.98. The van der Waals surface area contributed by atoms with Crippen LogP contribution in [0, 0.1) is 11.8 Å². The fraction of sp³-hybridized carbons (Fsp3) is 0.600. The molecule has 6 rings (SSSR count). The average Bonchev–Trinajstić information content (AvgIpc) is 3.11. The Balaban J connectivity index is 1.28. The third-order valence-corrected chi connectivity index (χ3v) is 8.85. The van der Waals surface area contributed by atoms with Gasteiger partial charge in [-0.15, -0.1) is 0 Å². The molecule has 8 nitrogen and oxygen atoms in total. The van der Waals surface area contributed by atoms with Crippen molar-refractivity contribution in [2.75, 3.05) is 29.9 Å². The van der Waals surface area contributed by atoms with Crippen LogP contribution in [0.3, 0.4) is 0 Å². The van der Waals surface area contributed by atoms with Gasteiger partial charge in [-0.25, -0.2) is 19.2 Å². The molecule has 4 aliphatic rings. The molecule has 2 N–H and O–H groups in total. The van der Waals surface area contributed by atoms with Crippen molar-refractivity contribution in [3.63, 3.8) is 0 Å². The summed E-state index contributed by atoms with van der Waals surface area (Å²) in [6.07, 6.45) is 4.85. The minimum Gasteiger partial charge on any atom is -0.394 e. The smallest absolute Gasteiger partial charge is 0.331 e. The van der Waals surface area contributed by atoms with Crippen molar-refractivity contribution < 1.29 is 18.1 Å². The van der Waals surface area contributed by atoms with E-state index in [4.69, 9.17) is 11.6 Å². The first kappa shape index (κ1) is 20.6. The number of halogens is 3. The molecule has 0 spiro atoms. The Morgan fingerprint density at radius 2 is 1.91 bits per heavy atom. The van der Waals surface area contributed by atoms with Crippen LogP contribution in [0.1, 0.15) is 36.7 Å². The van der Waals surface area contributed by atoms with Crippen LogP contribution in [0.2, 0.25) is 5.02 Å². The number of alkyl halides is 2. The largest absolute Gasteiger partial charge is 0.394 e. The van der Waals surface area contributed by atoms with Crippen molar-refractivity contribution in [2.45, 2.75) is 47.3 Å². The van der Waals surface area contributed by atoms with Crippen molar-refractivity contribution in [1.29, 1.82) is 0 Å². The van der Waals surface area contributed by atoms with E-state index in [2.05, 4.69) is 25.3 Å². The molecule has 1 saturated heterocycles. The van der Waals surface area contributed by atoms with E-state index in [1.165, 1.54) is 0 Å². The lowest BCUT2D eigenvalue weighted by Gasteiger charge is -2.41. The van der Waals surface area contributed by atoms with E-state index in [-0.39, 0.29) is 28.9 Å². The highest BCUT2D eigenvalue weighted by atomic mass is 35.5. The van der Waals surface area contributed by atoms with Gasteiger partial charge in [-0.1, -0.05) is 11.6 Å². The molecule has 0 radical (unpaired) electrons. The first-order chi connectivity index (χ1) is 15.3. The van der Waals surface area contributed by atoms with E-state index in [1.807, 2.05) is 4.90 Å². The molecule has 4 heterocycles. The number of fused-ring (bicyclic) bond motifs is 2. The van der Waals surface area contributed by atoms with E-state index in [0.717, 1.165) is 12.2 Å². The molecule has 2 aliphatic carbocycles. The third-order valence-electron chi connectivity index (χ3n) is 7.17. The number of aromatic nitrogens is 4. The van der Waals surface area contributed by atoms with Gasteiger partial charge in [0.25, 0.3) is 0 Å². The number of hydrogen-bond donors (Lipinski definition) is 2. The van der Waals surface area contributed by atoms with Crippen molar-refractivity contribution in [2.24, 2.45) is 11.8 Å². The van der Waals surface area contributed by atoms with E-state index in [1.54, 1.807) is 12.4 Å². The molecule has 170 valence electrons. The SMILES string of the molecule is O=S1c2c(nc(N3CC4C(C3)C4c3ncc(Cl)cn3)nc2NC2(CO)CCC2)CC1(F)F. The van der Waals surface area contributed by atoms with Crippen LogP contribution in [0.4, 0.5) is 20.5 Å². The number of anilines is 2. The Morgan fingerprint density at radius 1 is 1.22 bits per heavy atom. The van der Waals surface area contributed by atoms with Crippen molar-refractivity contribution >= 4 is 34.2 Å². The number of rotatable bonds is 5. The Bertz CT molecular complexity index is 1100. The fourth-order valence-electron chi connectivity index (χ4n) is 5.18. The van der Waals surface area contributed by atoms with Crippen LogP contribution in [0.5, 0.6) is 0 Å². The Morgan fingerprint density at radius 3 is 2.50 bits per heavy atom. The molecule has 2 aromatic heterocycles. The maximum Gasteiger partial charge on any atom is 0.331 e. The molecule has 2 aromatic rings. The highest BCUT2D eigenvalue weighted by Crippen LogP contribution is 2.57. The summed E-state index contributed by atoms with van der Waals surface area (Å²) >= 11 is 5.88. The zero-order valence-electron chi connectivity index (χ0n) is 17.0. The quantitative estimate of drug-likeness (QED) is 0.669. The Kier molecular flexibility index (Phi) is 4.51. The summed E-state index contributed by atoms with van der Waals surface area (Å²) < 4.78 is 41.0. The van der Waals surface area contributed by atoms with Crippen LogP contribution < -0.4 is 10.2 Å². The summed E-state index contributed by atoms with van der Waals surface area (Å²) in [6, 6.07) is 0. The standard InChI is InChI=1S/C20H21ClF2N6O2S/c21-10-5-24-16(25-6-10)14-11-7-29(8-12(11)14)18-26-13-4-20(22,23)32(31)15(13)17(27-18)28-19(9-30)2-1-3-19/h5-6,11-12,14,30H,1-4,7-9H2,(H,26,27,28). The summed E-state index contributed by atoms with van der Waals surface area (Å²) in [5.74, 6) is 2.22. The molecule has 0 aromatic carbocycles. The molecule has 3 unspecified atom stereocenters. The second-order valence-corrected chi connectivity index (χ2v) is 11.1. The molecule has 2 saturated carbocycles. The van der Waals surface area contributed by atoms with Crippen LogP contribution >= 0.6 is 11.6 Å². The fourth-order valence-corrected chi connectivity index (χ4v) is 6.45. The van der Waals surface area contributed by atoms with E-state index in [9.17, 15) is 18.1 Å². The third kappa shape index (κ3) is 3.12. The number of nitrogens with zero attached hydrogens (tertiary/aromatic N) is 5. The molecule has 32 heavy (non-hydrogen) atoms. The summed E-state index contributed by atoms with van der Waals surface area (Å²) in [5.41, 5.74) is -0.488. The molecule has 0 bridgehead atoms. The highest BCUT2D eigenvalue weighted by molar-refractivity contribution is 7.86. The van der Waals surface area contributed by atoms with Crippen molar-refractivity contribution in [3.8, 4) is 0 Å². The molecule has 3 fully saturated rings. The average molecular weight is 483 g/mol. The predicted molar refractivity (Wildman–Crippen MR) is 113 cm³/mol. The van der Waals surface area contributed by atoms with Crippen LogP contribution in [0.15, 0.2) is 17.3 Å². The van der Waals surface area contributed by atoms with Gasteiger partial charge in [0.2, 0.25) is 5.95 Å². The van der Waals surface area contributed by atoms with Crippen LogP contribution in [-0.2, 0) is 17.2 Å². The van der Waals surface area contributed by atoms with E-state index >= 15 is 0 Å². The van der Waals surface area contributed by atoms with Gasteiger partial charge in [-0.3, -0.25) is 0 Å². The van der Waals surface area contributed by atoms with Gasteiger partial charge in [0.05, 0.1) is 29.3 Å². The molecule has 2 aliphatic heterocycles. The van der Waals surface area contributed by atoms with Crippen molar-refractivity contribution in [3.05, 3.63) is 28.9 Å². The van der Waals surface area contributed by atoms with Crippen LogP contribution in [-0.4, -0.2) is 59.7 Å². The van der Waals surface area contributed by atoms with Crippen LogP contribution in [0.25, 0.3) is 0 Å². The van der Waals surface area contributed by atoms with Gasteiger partial charge < -0.3 is 15.3 Å². The molecule has 3 atom stereocenters. The first-order valence-electron chi connectivity index (χ1n) is 10.6. The van der Waals surface area contributed by atoms with Crippen molar-refractivity contribution in [1.82, 2.24) is 19.9 Å². The predicted octanol–water partition coefficient (Wildman–Crippen LogP) is 2.35. The summed E-state index contributed by atoms with van der Waals surface area (Å²) in [5, 5.41) is 10.1. The summed E-state index contributed by atoms with van der Waals surface area (Å²) in [4.78, 5) is 19.5. The Labute approximate surface area is 190 Å². The van der Waals surface area contributed by atoms with Gasteiger partial charge in [0.1, 0.15) is 27.3 Å². The molecular weight excluding hydrogens is 462 g/mol. The zero-order valence-corrected chi connectivity index (χ0v) is 18.5. The normalized spacial score (nSPS) is 31.1. The topological polar surface area (TPSA) is 104 Å². The number of piperidine rings is 1. The minimum atomic E-state index is -3.37. The highest BCUT2D eigenvalue weighted by Gasteiger charge is 2.58. The molecular formula is C20H21ClF2N6O2S. The lowest BCUT2D eigenvalue weighted by Crippen LogP contribution is -2.48. The molecule has 12 heteroatoms. The van der Waals surface area contributed by atoms with Gasteiger partial charge in [-0.05, 0) is 31.1 Å². The first-order valence-corrected chi connectivity index (χ1v) is 12.2. The second-order valence-electron chi connectivity index (χ2n) is 9.17. The number of nitrogens with one attached hydrogen (secondary N) is 1.